The number of alkyl halides is 3. The van der Waals surface area contributed by atoms with Crippen molar-refractivity contribution in [1.29, 1.82) is 10.5 Å². The van der Waals surface area contributed by atoms with Crippen LogP contribution >= 0.6 is 11.6 Å². The molecule has 0 radical (unpaired) electrons. The number of carbonyl (C=O) groups is 1. The van der Waals surface area contributed by atoms with E-state index in [-0.39, 0.29) is 0 Å². The van der Waals surface area contributed by atoms with E-state index in [0.717, 1.165) is 11.1 Å². The third kappa shape index (κ3) is 3.56. The van der Waals surface area contributed by atoms with Crippen LogP contribution in [0.4, 0.5) is 18.9 Å². The van der Waals surface area contributed by atoms with Gasteiger partial charge in [0, 0.05) is 16.6 Å². The number of hydrogen-bond donors (Lipinski definition) is 0. The first-order valence-electron chi connectivity index (χ1n) is 11.1. The van der Waals surface area contributed by atoms with Crippen molar-refractivity contribution in [2.45, 2.75) is 24.2 Å². The summed E-state index contributed by atoms with van der Waals surface area (Å²) in [6, 6.07) is 21.7. The van der Waals surface area contributed by atoms with E-state index < -0.39 is 35.4 Å². The van der Waals surface area contributed by atoms with Gasteiger partial charge < -0.3 is 4.90 Å². The van der Waals surface area contributed by atoms with Crippen LogP contribution in [0.15, 0.2) is 78.9 Å². The molecule has 2 heterocycles. The number of carbonyl (C=O) groups excluding carboxylic acids is 1. The Kier molecular flexibility index (Phi) is 5.62. The second-order valence-corrected chi connectivity index (χ2v) is 9.22. The van der Waals surface area contributed by atoms with E-state index in [9.17, 15) is 28.5 Å². The molecule has 0 bridgehead atoms. The van der Waals surface area contributed by atoms with Gasteiger partial charge in [-0.3, -0.25) is 4.79 Å². The van der Waals surface area contributed by atoms with E-state index in [1.165, 1.54) is 23.1 Å². The highest BCUT2D eigenvalue weighted by atomic mass is 35.5. The molecule has 3 aromatic carbocycles. The van der Waals surface area contributed by atoms with Gasteiger partial charge in [0.25, 0.3) is 5.78 Å². The molecular formula is C28H17ClF3N3O. The summed E-state index contributed by atoms with van der Waals surface area (Å²) in [5.41, 5.74) is 0.882. The number of ketones is 1. The van der Waals surface area contributed by atoms with E-state index >= 15 is 0 Å². The van der Waals surface area contributed by atoms with Crippen molar-refractivity contribution in [3.05, 3.63) is 95.0 Å². The number of hydrogen-bond acceptors (Lipinski definition) is 4. The average Bonchev–Trinajstić information content (AvgIpc) is 3.18. The lowest BCUT2D eigenvalue weighted by molar-refractivity contribution is -0.172. The Morgan fingerprint density at radius 1 is 0.944 bits per heavy atom. The number of benzene rings is 3. The van der Waals surface area contributed by atoms with E-state index in [1.807, 2.05) is 42.5 Å². The second-order valence-electron chi connectivity index (χ2n) is 8.78. The zero-order valence-electron chi connectivity index (χ0n) is 18.6. The molecule has 0 amide bonds. The smallest absolute Gasteiger partial charge is 0.351 e. The van der Waals surface area contributed by atoms with Crippen molar-refractivity contribution in [3.63, 3.8) is 0 Å². The van der Waals surface area contributed by atoms with Crippen LogP contribution in [0, 0.1) is 28.1 Å². The van der Waals surface area contributed by atoms with Crippen LogP contribution in [-0.2, 0) is 4.79 Å². The van der Waals surface area contributed by atoms with Gasteiger partial charge in [0.15, 0.2) is 5.41 Å². The van der Waals surface area contributed by atoms with Gasteiger partial charge in [-0.15, -0.1) is 0 Å². The summed E-state index contributed by atoms with van der Waals surface area (Å²) < 4.78 is 41.9. The quantitative estimate of drug-likeness (QED) is 0.407. The molecule has 0 unspecified atom stereocenters. The highest BCUT2D eigenvalue weighted by molar-refractivity contribution is 6.30. The first-order valence-corrected chi connectivity index (χ1v) is 11.4. The molecule has 1 saturated heterocycles. The summed E-state index contributed by atoms with van der Waals surface area (Å²) in [5, 5.41) is 20.9. The minimum Gasteiger partial charge on any atom is -0.351 e. The van der Waals surface area contributed by atoms with Crippen LogP contribution in [0.3, 0.4) is 0 Å². The van der Waals surface area contributed by atoms with Gasteiger partial charge in [-0.25, -0.2) is 0 Å². The number of nitrogens with zero attached hydrogens (tertiary/aromatic N) is 3. The summed E-state index contributed by atoms with van der Waals surface area (Å²) in [7, 11) is 0. The monoisotopic (exact) mass is 503 g/mol. The predicted octanol–water partition coefficient (Wildman–Crippen LogP) is 6.54. The molecule has 2 aliphatic heterocycles. The third-order valence-corrected chi connectivity index (χ3v) is 7.13. The molecule has 0 N–H and O–H groups in total. The van der Waals surface area contributed by atoms with E-state index in [2.05, 4.69) is 0 Å². The van der Waals surface area contributed by atoms with Crippen molar-refractivity contribution in [2.24, 2.45) is 5.41 Å². The lowest BCUT2D eigenvalue weighted by atomic mass is 9.69. The molecule has 0 spiro atoms. The van der Waals surface area contributed by atoms with Crippen LogP contribution in [-0.4, -0.2) is 24.0 Å². The maximum Gasteiger partial charge on any atom is 0.452 e. The first kappa shape index (κ1) is 23.7. The zero-order chi connectivity index (χ0) is 25.7. The molecule has 2 aliphatic rings. The highest BCUT2D eigenvalue weighted by Crippen LogP contribution is 2.56. The maximum absolute atomic E-state index is 14.0. The minimum atomic E-state index is -5.17. The van der Waals surface area contributed by atoms with Crippen LogP contribution in [0.25, 0.3) is 17.2 Å². The summed E-state index contributed by atoms with van der Waals surface area (Å²) in [4.78, 5) is 14.2. The predicted molar refractivity (Wildman–Crippen MR) is 130 cm³/mol. The third-order valence-electron chi connectivity index (χ3n) is 6.89. The molecule has 0 saturated carbocycles. The van der Waals surface area contributed by atoms with Crippen molar-refractivity contribution in [3.8, 4) is 23.3 Å². The normalized spacial score (nSPS) is 21.7. The van der Waals surface area contributed by atoms with Gasteiger partial charge >= 0.3 is 6.18 Å². The molecule has 3 atom stereocenters. The van der Waals surface area contributed by atoms with Crippen LogP contribution < -0.4 is 4.90 Å². The fourth-order valence-electron chi connectivity index (χ4n) is 5.32. The molecule has 3 aromatic rings. The summed E-state index contributed by atoms with van der Waals surface area (Å²) >= 11 is 6.09. The summed E-state index contributed by atoms with van der Waals surface area (Å²) in [6.07, 6.45) is -2.03. The molecule has 4 nitrogen and oxygen atoms in total. The highest BCUT2D eigenvalue weighted by Gasteiger charge is 2.66. The van der Waals surface area contributed by atoms with E-state index in [4.69, 9.17) is 11.6 Å². The van der Waals surface area contributed by atoms with Gasteiger partial charge in [-0.1, -0.05) is 78.4 Å². The number of anilines is 1. The Hall–Kier alpha value is -4.07. The lowest BCUT2D eigenvalue weighted by Gasteiger charge is -2.35. The zero-order valence-corrected chi connectivity index (χ0v) is 19.3. The lowest BCUT2D eigenvalue weighted by Crippen LogP contribution is -2.48. The molecule has 178 valence electrons. The Bertz CT molecular complexity index is 1440. The van der Waals surface area contributed by atoms with Gasteiger partial charge in [0.2, 0.25) is 0 Å². The van der Waals surface area contributed by atoms with Crippen LogP contribution in [0.5, 0.6) is 0 Å². The van der Waals surface area contributed by atoms with Crippen molar-refractivity contribution >= 4 is 29.1 Å². The average molecular weight is 504 g/mol. The van der Waals surface area contributed by atoms with E-state index in [1.54, 1.807) is 36.4 Å². The largest absolute Gasteiger partial charge is 0.452 e. The number of halogens is 4. The Balaban J connectivity index is 1.72. The Morgan fingerprint density at radius 3 is 2.19 bits per heavy atom. The van der Waals surface area contributed by atoms with Crippen molar-refractivity contribution in [1.82, 2.24) is 0 Å². The SMILES string of the molecule is N#CC1(C#N)[C@H](c2ccc(-c3ccccc3)cc2)[C@@H](C(=O)C(F)(F)F)N2c3ccc(Cl)cc3C=C[C@@H]21. The Morgan fingerprint density at radius 2 is 1.58 bits per heavy atom. The topological polar surface area (TPSA) is 67.9 Å². The molecule has 0 aromatic heterocycles. The van der Waals surface area contributed by atoms with Gasteiger partial charge in [0.1, 0.15) is 6.04 Å². The number of fused-ring (bicyclic) bond motifs is 3. The number of rotatable bonds is 3. The molecule has 5 rings (SSSR count). The van der Waals surface area contributed by atoms with Gasteiger partial charge in [-0.2, -0.15) is 23.7 Å². The number of Topliss-reactive ketones (excluding diaryl/α,β-unsaturated/α-hetero) is 1. The molecule has 8 heteroatoms. The molecule has 36 heavy (non-hydrogen) atoms. The molecule has 1 fully saturated rings. The number of nitriles is 2. The summed E-state index contributed by atoms with van der Waals surface area (Å²) in [6.45, 7) is 0. The fraction of sp³-hybridized carbons (Fsp3) is 0.179. The fourth-order valence-corrected chi connectivity index (χ4v) is 5.50. The van der Waals surface area contributed by atoms with Crippen LogP contribution in [0.1, 0.15) is 17.0 Å². The first-order chi connectivity index (χ1) is 17.2. The molecule has 0 aliphatic carbocycles. The summed E-state index contributed by atoms with van der Waals surface area (Å²) in [5.74, 6) is -3.36. The van der Waals surface area contributed by atoms with Gasteiger partial charge in [0.05, 0.1) is 18.2 Å². The van der Waals surface area contributed by atoms with Gasteiger partial charge in [-0.05, 0) is 40.5 Å². The Labute approximate surface area is 210 Å². The van der Waals surface area contributed by atoms with Crippen LogP contribution in [0.2, 0.25) is 5.02 Å². The maximum atomic E-state index is 14.0. The van der Waals surface area contributed by atoms with Crippen molar-refractivity contribution < 1.29 is 18.0 Å². The minimum absolute atomic E-state index is 0.304. The van der Waals surface area contributed by atoms with E-state index in [0.29, 0.717) is 21.8 Å². The standard InChI is InChI=1S/C28H17ClF3N3O/c29-21-11-12-22-20(14-21)10-13-23-27(15-33,16-34)24(25(35(22)23)26(36)28(30,31)32)19-8-6-18(7-9-19)17-4-2-1-3-5-17/h1-14,23-25H/t23-,24-,25+/m1/s1. The second kappa shape index (κ2) is 8.55. The van der Waals surface area contributed by atoms with Crippen molar-refractivity contribution in [2.75, 3.05) is 4.90 Å². The molecular weight excluding hydrogens is 487 g/mol.